The summed E-state index contributed by atoms with van der Waals surface area (Å²) in [6, 6.07) is 1.52. The zero-order valence-corrected chi connectivity index (χ0v) is 11.5. The molecule has 19 heavy (non-hydrogen) atoms. The highest BCUT2D eigenvalue weighted by Gasteiger charge is 2.08. The topological polar surface area (TPSA) is 77.3 Å². The van der Waals surface area contributed by atoms with Gasteiger partial charge in [0.15, 0.2) is 0 Å². The average Bonchev–Trinajstić information content (AvgIpc) is 2.39. The van der Waals surface area contributed by atoms with E-state index in [0.717, 1.165) is 44.6 Å². The molecule has 0 bridgehead atoms. The molecule has 106 valence electrons. The molecular weight excluding hydrogens is 246 g/mol. The van der Waals surface area contributed by atoms with Gasteiger partial charge in [0, 0.05) is 25.8 Å². The minimum atomic E-state index is -0.439. The smallest absolute Gasteiger partial charge is 0.287 e. The monoisotopic (exact) mass is 267 g/mol. The van der Waals surface area contributed by atoms with E-state index in [4.69, 9.17) is 4.74 Å². The van der Waals surface area contributed by atoms with Gasteiger partial charge in [0.2, 0.25) is 0 Å². The van der Waals surface area contributed by atoms with Crippen molar-refractivity contribution in [1.82, 2.24) is 4.98 Å². The van der Waals surface area contributed by atoms with E-state index in [0.29, 0.717) is 5.82 Å². The van der Waals surface area contributed by atoms with Crippen LogP contribution in [-0.2, 0) is 4.74 Å². The Morgan fingerprint density at radius 3 is 2.79 bits per heavy atom. The third-order valence-corrected chi connectivity index (χ3v) is 2.67. The maximum atomic E-state index is 10.6. The van der Waals surface area contributed by atoms with Gasteiger partial charge in [0.05, 0.1) is 4.92 Å². The zero-order valence-electron chi connectivity index (χ0n) is 11.5. The normalized spacial score (nSPS) is 10.4. The molecule has 1 N–H and O–H groups in total. The summed E-state index contributed by atoms with van der Waals surface area (Å²) in [7, 11) is 0. The highest BCUT2D eigenvalue weighted by atomic mass is 16.6. The summed E-state index contributed by atoms with van der Waals surface area (Å²) in [5.41, 5.74) is 0.798. The molecule has 0 saturated carbocycles. The molecule has 6 nitrogen and oxygen atoms in total. The number of unbranched alkanes of at least 4 members (excludes halogenated alkanes) is 1. The number of aromatic nitrogens is 1. The molecule has 0 fully saturated rings. The Hall–Kier alpha value is -1.69. The first-order chi connectivity index (χ1) is 9.15. The van der Waals surface area contributed by atoms with Gasteiger partial charge in [-0.2, -0.15) is 0 Å². The van der Waals surface area contributed by atoms with Crippen LogP contribution in [-0.4, -0.2) is 29.7 Å². The first-order valence-corrected chi connectivity index (χ1v) is 6.57. The summed E-state index contributed by atoms with van der Waals surface area (Å²) in [6.45, 7) is 6.22. The van der Waals surface area contributed by atoms with Crippen molar-refractivity contribution in [2.24, 2.45) is 0 Å². The molecule has 0 aliphatic rings. The van der Waals surface area contributed by atoms with Crippen LogP contribution in [0.2, 0.25) is 0 Å². The standard InChI is InChI=1S/C13H21N3O3/c1-3-4-7-19-8-5-6-14-13-11(2)9-12(10-15-13)16(17)18/h9-10H,3-8H2,1-2H3,(H,14,15). The summed E-state index contributed by atoms with van der Waals surface area (Å²) in [4.78, 5) is 14.2. The van der Waals surface area contributed by atoms with E-state index in [1.165, 1.54) is 12.3 Å². The van der Waals surface area contributed by atoms with E-state index in [2.05, 4.69) is 17.2 Å². The minimum absolute atomic E-state index is 0.0194. The van der Waals surface area contributed by atoms with E-state index in [1.54, 1.807) is 6.92 Å². The first kappa shape index (κ1) is 15.4. The molecule has 1 aromatic heterocycles. The van der Waals surface area contributed by atoms with E-state index in [1.807, 2.05) is 0 Å². The molecule has 6 heteroatoms. The average molecular weight is 267 g/mol. The fourth-order valence-electron chi connectivity index (χ4n) is 1.57. The molecule has 0 aliphatic carbocycles. The Labute approximate surface area is 113 Å². The van der Waals surface area contributed by atoms with Crippen molar-refractivity contribution >= 4 is 11.5 Å². The van der Waals surface area contributed by atoms with Crippen molar-refractivity contribution in [3.8, 4) is 0 Å². The van der Waals surface area contributed by atoms with E-state index in [9.17, 15) is 10.1 Å². The van der Waals surface area contributed by atoms with Crippen LogP contribution in [0.3, 0.4) is 0 Å². The van der Waals surface area contributed by atoms with Crippen LogP contribution in [0, 0.1) is 17.0 Å². The minimum Gasteiger partial charge on any atom is -0.381 e. The summed E-state index contributed by atoms with van der Waals surface area (Å²) in [5, 5.41) is 13.7. The Bertz CT molecular complexity index is 410. The number of nitrogens with one attached hydrogen (secondary N) is 1. The molecule has 0 aromatic carbocycles. The predicted octanol–water partition coefficient (Wildman–Crippen LogP) is 2.92. The fraction of sp³-hybridized carbons (Fsp3) is 0.615. The van der Waals surface area contributed by atoms with Crippen molar-refractivity contribution in [3.05, 3.63) is 27.9 Å². The number of ether oxygens (including phenoxy) is 1. The number of aryl methyl sites for hydroxylation is 1. The molecule has 1 rings (SSSR count). The van der Waals surface area contributed by atoms with Gasteiger partial charge in [-0.1, -0.05) is 13.3 Å². The highest BCUT2D eigenvalue weighted by molar-refractivity contribution is 5.48. The summed E-state index contributed by atoms with van der Waals surface area (Å²) < 4.78 is 5.44. The third-order valence-electron chi connectivity index (χ3n) is 2.67. The molecule has 0 aliphatic heterocycles. The van der Waals surface area contributed by atoms with Gasteiger partial charge in [0.1, 0.15) is 12.0 Å². The number of rotatable bonds is 9. The van der Waals surface area contributed by atoms with Gasteiger partial charge in [-0.25, -0.2) is 4.98 Å². The van der Waals surface area contributed by atoms with Gasteiger partial charge < -0.3 is 10.1 Å². The van der Waals surface area contributed by atoms with Gasteiger partial charge >= 0.3 is 0 Å². The molecule has 0 radical (unpaired) electrons. The number of pyridine rings is 1. The number of hydrogen-bond acceptors (Lipinski definition) is 5. The molecule has 0 amide bonds. The molecule has 1 heterocycles. The van der Waals surface area contributed by atoms with Crippen LogP contribution in [0.5, 0.6) is 0 Å². The summed E-state index contributed by atoms with van der Waals surface area (Å²) in [6.07, 6.45) is 4.40. The maximum absolute atomic E-state index is 10.6. The molecular formula is C13H21N3O3. The molecule has 0 unspecified atom stereocenters. The Balaban J connectivity index is 2.28. The number of nitro groups is 1. The predicted molar refractivity (Wildman–Crippen MR) is 74.5 cm³/mol. The van der Waals surface area contributed by atoms with Gasteiger partial charge in [0.25, 0.3) is 5.69 Å². The number of nitrogens with zero attached hydrogens (tertiary/aromatic N) is 2. The number of hydrogen-bond donors (Lipinski definition) is 1. The summed E-state index contributed by atoms with van der Waals surface area (Å²) in [5.74, 6) is 0.694. The van der Waals surface area contributed by atoms with Crippen molar-refractivity contribution in [1.29, 1.82) is 0 Å². The largest absolute Gasteiger partial charge is 0.381 e. The van der Waals surface area contributed by atoms with Crippen molar-refractivity contribution in [3.63, 3.8) is 0 Å². The van der Waals surface area contributed by atoms with E-state index >= 15 is 0 Å². The van der Waals surface area contributed by atoms with Crippen LogP contribution >= 0.6 is 0 Å². The van der Waals surface area contributed by atoms with Crippen LogP contribution in [0.25, 0.3) is 0 Å². The lowest BCUT2D eigenvalue weighted by Crippen LogP contribution is -2.08. The Morgan fingerprint density at radius 1 is 1.42 bits per heavy atom. The Morgan fingerprint density at radius 2 is 2.16 bits per heavy atom. The second kappa shape index (κ2) is 8.42. The van der Waals surface area contributed by atoms with Crippen LogP contribution in [0.1, 0.15) is 31.7 Å². The molecule has 0 atom stereocenters. The highest BCUT2D eigenvalue weighted by Crippen LogP contribution is 2.17. The summed E-state index contributed by atoms with van der Waals surface area (Å²) >= 11 is 0. The second-order valence-electron chi connectivity index (χ2n) is 4.36. The quantitative estimate of drug-likeness (QED) is 0.423. The fourth-order valence-corrected chi connectivity index (χ4v) is 1.57. The van der Waals surface area contributed by atoms with Crippen molar-refractivity contribution in [2.75, 3.05) is 25.1 Å². The third kappa shape index (κ3) is 5.65. The lowest BCUT2D eigenvalue weighted by molar-refractivity contribution is -0.385. The Kier molecular flexibility index (Phi) is 6.81. The van der Waals surface area contributed by atoms with Crippen molar-refractivity contribution in [2.45, 2.75) is 33.1 Å². The lowest BCUT2D eigenvalue weighted by atomic mass is 10.2. The zero-order chi connectivity index (χ0) is 14.1. The maximum Gasteiger partial charge on any atom is 0.287 e. The molecule has 1 aromatic rings. The molecule has 0 saturated heterocycles. The second-order valence-corrected chi connectivity index (χ2v) is 4.36. The van der Waals surface area contributed by atoms with Crippen molar-refractivity contribution < 1.29 is 9.66 Å². The van der Waals surface area contributed by atoms with Crippen LogP contribution < -0.4 is 5.32 Å². The first-order valence-electron chi connectivity index (χ1n) is 6.57. The van der Waals surface area contributed by atoms with Gasteiger partial charge in [-0.3, -0.25) is 10.1 Å². The van der Waals surface area contributed by atoms with Crippen LogP contribution in [0.4, 0.5) is 11.5 Å². The lowest BCUT2D eigenvalue weighted by Gasteiger charge is -2.08. The molecule has 0 spiro atoms. The van der Waals surface area contributed by atoms with Gasteiger partial charge in [-0.05, 0) is 25.3 Å². The number of anilines is 1. The van der Waals surface area contributed by atoms with E-state index < -0.39 is 4.92 Å². The van der Waals surface area contributed by atoms with E-state index in [-0.39, 0.29) is 5.69 Å². The van der Waals surface area contributed by atoms with Gasteiger partial charge in [-0.15, -0.1) is 0 Å². The van der Waals surface area contributed by atoms with Crippen LogP contribution in [0.15, 0.2) is 12.3 Å². The SMILES string of the molecule is CCCCOCCCNc1ncc([N+](=O)[O-])cc1C.